The lowest BCUT2D eigenvalue weighted by molar-refractivity contribution is -0.146. The van der Waals surface area contributed by atoms with E-state index in [1.54, 1.807) is 36.4 Å². The Morgan fingerprint density at radius 3 is 2.40 bits per heavy atom. The van der Waals surface area contributed by atoms with E-state index in [1.807, 2.05) is 0 Å². The third kappa shape index (κ3) is 3.97. The molecule has 3 aromatic rings. The van der Waals surface area contributed by atoms with Crippen molar-refractivity contribution in [2.24, 2.45) is 7.05 Å². The SMILES string of the molecule is Cn1c(C(F)(F)F)nc(-c2ccc3c(c2)CN(C2CCC(=O)NC2=O)C3=O)c1-c1ccc(Cl)cc1. The molecule has 3 heterocycles. The quantitative estimate of drug-likeness (QED) is 0.544. The van der Waals surface area contributed by atoms with Gasteiger partial charge in [0.1, 0.15) is 6.04 Å². The molecule has 0 bridgehead atoms. The molecule has 1 atom stereocenters. The van der Waals surface area contributed by atoms with Crippen molar-refractivity contribution in [2.75, 3.05) is 0 Å². The number of nitrogens with one attached hydrogen (secondary N) is 1. The molecule has 0 saturated carbocycles. The van der Waals surface area contributed by atoms with Crippen LogP contribution in [0.15, 0.2) is 42.5 Å². The minimum atomic E-state index is -4.68. The minimum Gasteiger partial charge on any atom is -0.323 e. The van der Waals surface area contributed by atoms with Crippen molar-refractivity contribution in [1.82, 2.24) is 19.8 Å². The third-order valence-electron chi connectivity index (χ3n) is 6.26. The number of imidazole rings is 1. The first-order valence-corrected chi connectivity index (χ1v) is 11.1. The van der Waals surface area contributed by atoms with Crippen LogP contribution in [0.25, 0.3) is 22.5 Å². The summed E-state index contributed by atoms with van der Waals surface area (Å²) in [5.41, 5.74) is 2.18. The van der Waals surface area contributed by atoms with Crippen LogP contribution in [0, 0.1) is 0 Å². The van der Waals surface area contributed by atoms with E-state index in [9.17, 15) is 27.6 Å². The summed E-state index contributed by atoms with van der Waals surface area (Å²) in [5, 5.41) is 2.69. The van der Waals surface area contributed by atoms with Gasteiger partial charge in [-0.15, -0.1) is 0 Å². The van der Waals surface area contributed by atoms with Crippen molar-refractivity contribution in [3.05, 3.63) is 64.4 Å². The zero-order chi connectivity index (χ0) is 25.1. The second kappa shape index (κ2) is 8.23. The molecule has 5 rings (SSSR count). The second-order valence-electron chi connectivity index (χ2n) is 8.47. The molecule has 1 fully saturated rings. The number of rotatable bonds is 3. The van der Waals surface area contributed by atoms with Crippen LogP contribution in [0.2, 0.25) is 5.02 Å². The molecule has 1 N–H and O–H groups in total. The van der Waals surface area contributed by atoms with Crippen LogP contribution in [0.4, 0.5) is 13.2 Å². The largest absolute Gasteiger partial charge is 0.449 e. The number of benzene rings is 2. The first-order valence-electron chi connectivity index (χ1n) is 10.7. The van der Waals surface area contributed by atoms with Crippen LogP contribution in [0.1, 0.15) is 34.6 Å². The normalized spacial score (nSPS) is 18.1. The van der Waals surface area contributed by atoms with Crippen molar-refractivity contribution in [2.45, 2.75) is 31.6 Å². The summed E-state index contributed by atoms with van der Waals surface area (Å²) in [5.74, 6) is -2.34. The fourth-order valence-corrected chi connectivity index (χ4v) is 4.74. The summed E-state index contributed by atoms with van der Waals surface area (Å²) >= 11 is 5.96. The number of fused-ring (bicyclic) bond motifs is 1. The molecule has 2 aliphatic rings. The molecular formula is C24H18ClF3N4O3. The summed E-state index contributed by atoms with van der Waals surface area (Å²) < 4.78 is 42.1. The maximum atomic E-state index is 13.7. The van der Waals surface area contributed by atoms with Gasteiger partial charge in [-0.25, -0.2) is 4.98 Å². The first kappa shape index (κ1) is 23.1. The van der Waals surface area contributed by atoms with Gasteiger partial charge in [-0.3, -0.25) is 19.7 Å². The van der Waals surface area contributed by atoms with E-state index in [0.717, 1.165) is 4.57 Å². The summed E-state index contributed by atoms with van der Waals surface area (Å²) in [6.45, 7) is 0.101. The van der Waals surface area contributed by atoms with E-state index >= 15 is 0 Å². The molecule has 1 unspecified atom stereocenters. The first-order chi connectivity index (χ1) is 16.5. The average molecular weight is 503 g/mol. The highest BCUT2D eigenvalue weighted by Gasteiger charge is 2.40. The number of nitrogens with zero attached hydrogens (tertiary/aromatic N) is 3. The van der Waals surface area contributed by atoms with Gasteiger partial charge in [0.25, 0.3) is 5.91 Å². The number of amides is 3. The van der Waals surface area contributed by atoms with Gasteiger partial charge in [-0.2, -0.15) is 13.2 Å². The van der Waals surface area contributed by atoms with Gasteiger partial charge >= 0.3 is 6.18 Å². The Hall–Kier alpha value is -3.66. The molecule has 2 aromatic carbocycles. The minimum absolute atomic E-state index is 0.101. The fourth-order valence-electron chi connectivity index (χ4n) is 4.61. The molecular weight excluding hydrogens is 485 g/mol. The Labute approximate surface area is 202 Å². The van der Waals surface area contributed by atoms with E-state index in [2.05, 4.69) is 10.3 Å². The average Bonchev–Trinajstić information content (AvgIpc) is 3.31. The van der Waals surface area contributed by atoms with E-state index in [4.69, 9.17) is 11.6 Å². The molecule has 0 spiro atoms. The van der Waals surface area contributed by atoms with Crippen molar-refractivity contribution in [1.29, 1.82) is 0 Å². The van der Waals surface area contributed by atoms with Crippen molar-refractivity contribution < 1.29 is 27.6 Å². The zero-order valence-corrected chi connectivity index (χ0v) is 19.1. The molecule has 0 aliphatic carbocycles. The number of hydrogen-bond donors (Lipinski definition) is 1. The summed E-state index contributed by atoms with van der Waals surface area (Å²) in [7, 11) is 1.30. The van der Waals surface area contributed by atoms with E-state index in [0.29, 0.717) is 27.3 Å². The molecule has 0 radical (unpaired) electrons. The highest BCUT2D eigenvalue weighted by molar-refractivity contribution is 6.30. The molecule has 2 aliphatic heterocycles. The fraction of sp³-hybridized carbons (Fsp3) is 0.250. The molecule has 7 nitrogen and oxygen atoms in total. The number of halogens is 4. The Bertz CT molecular complexity index is 1380. The van der Waals surface area contributed by atoms with Gasteiger partial charge in [0, 0.05) is 41.7 Å². The predicted octanol–water partition coefficient (Wildman–Crippen LogP) is 4.19. The standard InChI is InChI=1S/C24H18ClF3N4O3/c1-31-20(12-2-5-15(25)6-3-12)19(30-23(31)24(26,27)28)13-4-7-16-14(10-13)11-32(22(16)35)17-8-9-18(33)29-21(17)34/h2-7,10,17H,8-9,11H2,1H3,(H,29,33,34). The van der Waals surface area contributed by atoms with Crippen LogP contribution in [-0.2, 0) is 29.4 Å². The van der Waals surface area contributed by atoms with Crippen molar-refractivity contribution >= 4 is 29.3 Å². The van der Waals surface area contributed by atoms with Crippen molar-refractivity contribution in [3.63, 3.8) is 0 Å². The van der Waals surface area contributed by atoms with Crippen molar-refractivity contribution in [3.8, 4) is 22.5 Å². The van der Waals surface area contributed by atoms with Crippen LogP contribution in [-0.4, -0.2) is 38.2 Å². The topological polar surface area (TPSA) is 84.3 Å². The highest BCUT2D eigenvalue weighted by atomic mass is 35.5. The molecule has 11 heteroatoms. The molecule has 3 amide bonds. The van der Waals surface area contributed by atoms with Gasteiger partial charge in [-0.1, -0.05) is 29.8 Å². The van der Waals surface area contributed by atoms with Gasteiger partial charge in [0.2, 0.25) is 17.6 Å². The van der Waals surface area contributed by atoms with Crippen LogP contribution in [0.5, 0.6) is 0 Å². The number of carbonyl (C=O) groups is 3. The Balaban J connectivity index is 1.57. The Morgan fingerprint density at radius 1 is 1.06 bits per heavy atom. The smallest absolute Gasteiger partial charge is 0.323 e. The van der Waals surface area contributed by atoms with Gasteiger partial charge in [-0.05, 0) is 36.2 Å². The molecule has 180 valence electrons. The number of piperidine rings is 1. The summed E-state index contributed by atoms with van der Waals surface area (Å²) in [6, 6.07) is 10.3. The lowest BCUT2D eigenvalue weighted by Crippen LogP contribution is -2.52. The lowest BCUT2D eigenvalue weighted by Gasteiger charge is -2.29. The number of imide groups is 1. The summed E-state index contributed by atoms with van der Waals surface area (Å²) in [4.78, 5) is 42.0. The van der Waals surface area contributed by atoms with Crippen LogP contribution in [0.3, 0.4) is 0 Å². The molecule has 35 heavy (non-hydrogen) atoms. The van der Waals surface area contributed by atoms with E-state index < -0.39 is 23.9 Å². The maximum Gasteiger partial charge on any atom is 0.449 e. The predicted molar refractivity (Wildman–Crippen MR) is 120 cm³/mol. The van der Waals surface area contributed by atoms with Crippen LogP contribution >= 0.6 is 11.6 Å². The molecule has 1 aromatic heterocycles. The van der Waals surface area contributed by atoms with E-state index in [1.165, 1.54) is 18.0 Å². The number of aromatic nitrogens is 2. The maximum absolute atomic E-state index is 13.7. The Morgan fingerprint density at radius 2 is 1.74 bits per heavy atom. The van der Waals surface area contributed by atoms with Gasteiger partial charge < -0.3 is 9.47 Å². The Kier molecular flexibility index (Phi) is 5.43. The lowest BCUT2D eigenvalue weighted by atomic mass is 10.0. The highest BCUT2D eigenvalue weighted by Crippen LogP contribution is 2.39. The number of hydrogen-bond acceptors (Lipinski definition) is 4. The monoisotopic (exact) mass is 502 g/mol. The van der Waals surface area contributed by atoms with E-state index in [-0.39, 0.29) is 42.6 Å². The molecule has 1 saturated heterocycles. The number of alkyl halides is 3. The second-order valence-corrected chi connectivity index (χ2v) is 8.90. The summed E-state index contributed by atoms with van der Waals surface area (Å²) in [6.07, 6.45) is -4.34. The van der Waals surface area contributed by atoms with Gasteiger partial charge in [0.15, 0.2) is 0 Å². The number of carbonyl (C=O) groups excluding carboxylic acids is 3. The zero-order valence-electron chi connectivity index (χ0n) is 18.3. The van der Waals surface area contributed by atoms with Crippen LogP contribution < -0.4 is 5.32 Å². The third-order valence-corrected chi connectivity index (χ3v) is 6.52. The van der Waals surface area contributed by atoms with Gasteiger partial charge in [0.05, 0.1) is 11.4 Å².